The molecule has 0 aromatic heterocycles. The van der Waals surface area contributed by atoms with Gasteiger partial charge in [-0.1, -0.05) is 43.2 Å². The zero-order valence-electron chi connectivity index (χ0n) is 17.9. The van der Waals surface area contributed by atoms with Crippen LogP contribution < -0.4 is 20.7 Å². The Morgan fingerprint density at radius 3 is 2.61 bits per heavy atom. The molecule has 9 heteroatoms. The molecule has 0 bridgehead atoms. The van der Waals surface area contributed by atoms with Gasteiger partial charge in [-0.3, -0.25) is 14.4 Å². The quantitative estimate of drug-likeness (QED) is 0.492. The van der Waals surface area contributed by atoms with Gasteiger partial charge in [0.15, 0.2) is 0 Å². The third-order valence-corrected chi connectivity index (χ3v) is 7.77. The summed E-state index contributed by atoms with van der Waals surface area (Å²) in [4.78, 5) is 36.9. The van der Waals surface area contributed by atoms with Crippen molar-refractivity contribution >= 4 is 40.6 Å². The molecule has 1 aliphatic carbocycles. The number of carbonyl (C=O) groups excluding carboxylic acids is 3. The number of amides is 3. The van der Waals surface area contributed by atoms with E-state index in [9.17, 15) is 14.4 Å². The maximum Gasteiger partial charge on any atom is 0.279 e. The number of hydrogen-bond acceptors (Lipinski definition) is 6. The van der Waals surface area contributed by atoms with Crippen molar-refractivity contribution in [3.05, 3.63) is 29.8 Å². The first-order valence-corrected chi connectivity index (χ1v) is 12.9. The Morgan fingerprint density at radius 1 is 1.23 bits per heavy atom. The average molecular weight is 466 g/mol. The van der Waals surface area contributed by atoms with E-state index in [2.05, 4.69) is 16.0 Å². The summed E-state index contributed by atoms with van der Waals surface area (Å²) in [7, 11) is 1.61. The second-order valence-electron chi connectivity index (χ2n) is 7.96. The van der Waals surface area contributed by atoms with E-state index >= 15 is 0 Å². The topological polar surface area (TPSA) is 96.5 Å². The van der Waals surface area contributed by atoms with E-state index in [0.29, 0.717) is 24.0 Å². The highest BCUT2D eigenvalue weighted by Crippen LogP contribution is 2.27. The second-order valence-corrected chi connectivity index (χ2v) is 10.0. The fourth-order valence-corrected chi connectivity index (χ4v) is 5.79. The lowest BCUT2D eigenvalue weighted by molar-refractivity contribution is -0.129. The summed E-state index contributed by atoms with van der Waals surface area (Å²) < 4.78 is 5.16. The zero-order valence-corrected chi connectivity index (χ0v) is 19.5. The number of methoxy groups -OCH3 is 1. The van der Waals surface area contributed by atoms with Gasteiger partial charge in [0.05, 0.1) is 7.11 Å². The van der Waals surface area contributed by atoms with Crippen molar-refractivity contribution in [2.75, 3.05) is 24.4 Å². The van der Waals surface area contributed by atoms with Crippen molar-refractivity contribution in [3.63, 3.8) is 0 Å². The maximum absolute atomic E-state index is 12.9. The highest BCUT2D eigenvalue weighted by atomic mass is 32.2. The van der Waals surface area contributed by atoms with Crippen LogP contribution in [-0.2, 0) is 16.1 Å². The number of nitrogens with one attached hydrogen (secondary N) is 3. The van der Waals surface area contributed by atoms with Gasteiger partial charge in [0.2, 0.25) is 11.8 Å². The Labute approximate surface area is 192 Å². The molecule has 2 atom stereocenters. The highest BCUT2D eigenvalue weighted by molar-refractivity contribution is 8.14. The maximum atomic E-state index is 12.9. The fourth-order valence-electron chi connectivity index (χ4n) is 3.74. The molecule has 3 rings (SSSR count). The van der Waals surface area contributed by atoms with Crippen LogP contribution in [0.15, 0.2) is 24.3 Å². The van der Waals surface area contributed by atoms with Crippen molar-refractivity contribution in [3.8, 4) is 5.75 Å². The minimum atomic E-state index is -0.637. The highest BCUT2D eigenvalue weighted by Gasteiger charge is 2.31. The summed E-state index contributed by atoms with van der Waals surface area (Å²) in [5.41, 5.74) is 0.952. The summed E-state index contributed by atoms with van der Waals surface area (Å²) in [6.07, 6.45) is 6.39. The lowest BCUT2D eigenvalue weighted by atomic mass is 9.91. The number of hydrogen-bond donors (Lipinski definition) is 3. The standard InChI is InChI=1S/C22H31N3O4S2/c1-29-17-9-7-15(8-10-17)11-23-20(26)18(13-30-12-16-5-3-2-4-6-16)24-21(27)19-14-31-22(28)25-19/h7-10,16,18-19H,2-6,11-14H2,1H3,(H,23,26)(H,24,27)(H,25,28)/t18-,19-/m0/s1. The summed E-state index contributed by atoms with van der Waals surface area (Å²) in [5, 5.41) is 8.22. The van der Waals surface area contributed by atoms with Gasteiger partial charge in [-0.15, -0.1) is 0 Å². The molecule has 7 nitrogen and oxygen atoms in total. The molecule has 1 aromatic rings. The third-order valence-electron chi connectivity index (χ3n) is 5.61. The number of benzene rings is 1. The second kappa shape index (κ2) is 12.2. The van der Waals surface area contributed by atoms with Crippen molar-refractivity contribution in [1.29, 1.82) is 0 Å². The fraction of sp³-hybridized carbons (Fsp3) is 0.591. The predicted octanol–water partition coefficient (Wildman–Crippen LogP) is 2.93. The average Bonchev–Trinajstić information content (AvgIpc) is 3.24. The normalized spacial score (nSPS) is 20.0. The first-order chi connectivity index (χ1) is 15.0. The van der Waals surface area contributed by atoms with Crippen LogP contribution in [0.5, 0.6) is 5.75 Å². The van der Waals surface area contributed by atoms with Crippen molar-refractivity contribution in [2.45, 2.75) is 50.7 Å². The minimum Gasteiger partial charge on any atom is -0.497 e. The molecule has 1 aliphatic heterocycles. The first kappa shape index (κ1) is 23.8. The van der Waals surface area contributed by atoms with Crippen molar-refractivity contribution in [2.24, 2.45) is 5.92 Å². The van der Waals surface area contributed by atoms with Gasteiger partial charge in [-0.25, -0.2) is 0 Å². The van der Waals surface area contributed by atoms with E-state index in [1.807, 2.05) is 24.3 Å². The Balaban J connectivity index is 1.53. The molecule has 1 aromatic carbocycles. The molecule has 2 aliphatic rings. The van der Waals surface area contributed by atoms with Crippen molar-refractivity contribution in [1.82, 2.24) is 16.0 Å². The lowest BCUT2D eigenvalue weighted by Crippen LogP contribution is -2.53. The van der Waals surface area contributed by atoms with Crippen LogP contribution in [0.1, 0.15) is 37.7 Å². The Morgan fingerprint density at radius 2 is 1.97 bits per heavy atom. The SMILES string of the molecule is COc1ccc(CNC(=O)[C@H](CSCC2CCCCC2)NC(=O)[C@@H]2CSC(=O)N2)cc1. The molecule has 1 saturated carbocycles. The van der Waals surface area contributed by atoms with Crippen molar-refractivity contribution < 1.29 is 19.1 Å². The van der Waals surface area contributed by atoms with Gasteiger partial charge in [-0.2, -0.15) is 11.8 Å². The molecular formula is C22H31N3O4S2. The molecule has 170 valence electrons. The zero-order chi connectivity index (χ0) is 22.1. The van der Waals surface area contributed by atoms with E-state index in [1.54, 1.807) is 18.9 Å². The first-order valence-electron chi connectivity index (χ1n) is 10.8. The molecular weight excluding hydrogens is 434 g/mol. The number of thioether (sulfide) groups is 2. The van der Waals surface area contributed by atoms with Crippen LogP contribution >= 0.6 is 23.5 Å². The molecule has 0 unspecified atom stereocenters. The van der Waals surface area contributed by atoms with Gasteiger partial charge in [0, 0.05) is 18.1 Å². The third kappa shape index (κ3) is 7.64. The van der Waals surface area contributed by atoms with Gasteiger partial charge < -0.3 is 20.7 Å². The van der Waals surface area contributed by atoms with Crippen LogP contribution in [0.25, 0.3) is 0 Å². The molecule has 1 saturated heterocycles. The molecule has 0 radical (unpaired) electrons. The number of ether oxygens (including phenoxy) is 1. The molecule has 3 N–H and O–H groups in total. The molecule has 31 heavy (non-hydrogen) atoms. The Hall–Kier alpha value is -1.87. The van der Waals surface area contributed by atoms with Gasteiger partial charge in [0.1, 0.15) is 17.8 Å². The summed E-state index contributed by atoms with van der Waals surface area (Å²) in [6, 6.07) is 6.27. The lowest BCUT2D eigenvalue weighted by Gasteiger charge is -2.23. The molecule has 1 heterocycles. The van der Waals surface area contributed by atoms with Crippen LogP contribution in [0.2, 0.25) is 0 Å². The van der Waals surface area contributed by atoms with Gasteiger partial charge >= 0.3 is 0 Å². The van der Waals surface area contributed by atoms with E-state index < -0.39 is 12.1 Å². The van der Waals surface area contributed by atoms with E-state index in [1.165, 1.54) is 32.1 Å². The molecule has 0 spiro atoms. The smallest absolute Gasteiger partial charge is 0.279 e. The van der Waals surface area contributed by atoms with Crippen LogP contribution in [0.3, 0.4) is 0 Å². The Bertz CT molecular complexity index is 754. The Kier molecular flexibility index (Phi) is 9.39. The van der Waals surface area contributed by atoms with Crippen LogP contribution in [0, 0.1) is 5.92 Å². The van der Waals surface area contributed by atoms with Crippen LogP contribution in [0.4, 0.5) is 4.79 Å². The largest absolute Gasteiger partial charge is 0.497 e. The number of rotatable bonds is 10. The van der Waals surface area contributed by atoms with Crippen LogP contribution in [-0.4, -0.2) is 53.5 Å². The monoisotopic (exact) mass is 465 g/mol. The number of carbonyl (C=O) groups is 3. The van der Waals surface area contributed by atoms with Gasteiger partial charge in [0.25, 0.3) is 5.24 Å². The summed E-state index contributed by atoms with van der Waals surface area (Å²) >= 11 is 2.81. The molecule has 3 amide bonds. The summed E-state index contributed by atoms with van der Waals surface area (Å²) in [6.45, 7) is 0.374. The summed E-state index contributed by atoms with van der Waals surface area (Å²) in [5.74, 6) is 2.86. The molecule has 2 fully saturated rings. The minimum absolute atomic E-state index is 0.202. The van der Waals surface area contributed by atoms with E-state index in [4.69, 9.17) is 4.74 Å². The van der Waals surface area contributed by atoms with Gasteiger partial charge in [-0.05, 0) is 42.2 Å². The predicted molar refractivity (Wildman–Crippen MR) is 125 cm³/mol. The van der Waals surface area contributed by atoms with E-state index in [-0.39, 0.29) is 17.1 Å². The van der Waals surface area contributed by atoms with E-state index in [0.717, 1.165) is 28.8 Å².